The van der Waals surface area contributed by atoms with Gasteiger partial charge in [-0.25, -0.2) is 0 Å². The summed E-state index contributed by atoms with van der Waals surface area (Å²) in [7, 11) is 0. The van der Waals surface area contributed by atoms with E-state index in [0.29, 0.717) is 10.3 Å². The van der Waals surface area contributed by atoms with Crippen molar-refractivity contribution < 1.29 is 4.79 Å². The van der Waals surface area contributed by atoms with Gasteiger partial charge in [-0.1, -0.05) is 0 Å². The van der Waals surface area contributed by atoms with E-state index in [-0.39, 0.29) is 5.41 Å². The molecule has 0 amide bonds. The molecule has 0 unspecified atom stereocenters. The van der Waals surface area contributed by atoms with E-state index in [2.05, 4.69) is 0 Å². The Bertz CT molecular complexity index is 91.2. The Balaban J connectivity index is 3.82. The molecule has 0 spiro atoms. The first-order valence-electron chi connectivity index (χ1n) is 2.62. The van der Waals surface area contributed by atoms with Crippen molar-refractivity contribution in [3.8, 4) is 0 Å². The Morgan fingerprint density at radius 1 is 1.50 bits per heavy atom. The molecule has 0 aliphatic heterocycles. The van der Waals surface area contributed by atoms with Crippen LogP contribution in [0.5, 0.6) is 0 Å². The zero-order valence-corrected chi connectivity index (χ0v) is 8.12. The van der Waals surface area contributed by atoms with Gasteiger partial charge >= 0.3 is 63.5 Å². The van der Waals surface area contributed by atoms with Gasteiger partial charge in [-0.2, -0.15) is 0 Å². The fourth-order valence-electron chi connectivity index (χ4n) is 0.237. The Hall–Kier alpha value is 0.460. The van der Waals surface area contributed by atoms with Crippen LogP contribution in [0.3, 0.4) is 0 Å². The van der Waals surface area contributed by atoms with E-state index in [9.17, 15) is 4.79 Å². The van der Waals surface area contributed by atoms with Crippen molar-refractivity contribution in [2.45, 2.75) is 25.2 Å². The number of Topliss-reactive ketones (excluding diaryl/α,β-unsaturated/α-hetero) is 1. The summed E-state index contributed by atoms with van der Waals surface area (Å²) < 4.78 is 0.706. The predicted molar refractivity (Wildman–Crippen MR) is 36.4 cm³/mol. The Kier molecular flexibility index (Phi) is 3.01. The molecule has 0 aromatic heterocycles. The summed E-state index contributed by atoms with van der Waals surface area (Å²) in [6.07, 6.45) is 0. The number of ketones is 1. The second-order valence-electron chi connectivity index (χ2n) is 2.83. The summed E-state index contributed by atoms with van der Waals surface area (Å²) in [6, 6.07) is 0. The van der Waals surface area contributed by atoms with Crippen molar-refractivity contribution in [1.29, 1.82) is 0 Å². The van der Waals surface area contributed by atoms with Crippen molar-refractivity contribution >= 4 is 28.1 Å². The van der Waals surface area contributed by atoms with Crippen molar-refractivity contribution in [2.24, 2.45) is 5.41 Å². The van der Waals surface area contributed by atoms with Crippen LogP contribution in [-0.2, 0) is 4.79 Å². The van der Waals surface area contributed by atoms with Crippen LogP contribution >= 0.6 is 0 Å². The van der Waals surface area contributed by atoms with Crippen molar-refractivity contribution in [3.05, 3.63) is 0 Å². The molecular weight excluding hydrogens is 216 g/mol. The molecule has 8 heavy (non-hydrogen) atoms. The van der Waals surface area contributed by atoms with Crippen LogP contribution in [0.1, 0.15) is 20.8 Å². The van der Waals surface area contributed by atoms with Crippen LogP contribution < -0.4 is 0 Å². The fraction of sp³-hybridized carbons (Fsp3) is 0.833. The minimum absolute atomic E-state index is 0.118. The molecule has 0 fully saturated rings. The van der Waals surface area contributed by atoms with Gasteiger partial charge in [0.1, 0.15) is 0 Å². The Labute approximate surface area is 63.7 Å². The monoisotopic (exact) mass is 230 g/mol. The molecule has 0 aliphatic rings. The van der Waals surface area contributed by atoms with Gasteiger partial charge in [-0.3, -0.25) is 0 Å². The fourth-order valence-corrected chi connectivity index (χ4v) is 1.59. The molecular formula is C6H12OTe. The second kappa shape index (κ2) is 2.85. The van der Waals surface area contributed by atoms with E-state index in [1.54, 1.807) is 22.3 Å². The van der Waals surface area contributed by atoms with Gasteiger partial charge in [-0.05, 0) is 0 Å². The minimum atomic E-state index is -0.118. The Morgan fingerprint density at radius 2 is 1.88 bits per heavy atom. The maximum atomic E-state index is 10.8. The molecule has 2 heteroatoms. The molecule has 1 nitrogen and oxygen atoms in total. The number of carbonyl (C=O) groups is 1. The number of hydrogen-bond acceptors (Lipinski definition) is 1. The number of rotatable bonds is 1. The van der Waals surface area contributed by atoms with Gasteiger partial charge in [0.2, 0.25) is 0 Å². The molecule has 0 atom stereocenters. The van der Waals surface area contributed by atoms with Crippen LogP contribution in [0.4, 0.5) is 0 Å². The van der Waals surface area contributed by atoms with Gasteiger partial charge in [0.25, 0.3) is 0 Å². The van der Waals surface area contributed by atoms with E-state index in [1.807, 2.05) is 20.8 Å². The third-order valence-corrected chi connectivity index (χ3v) is 1.80. The van der Waals surface area contributed by atoms with Crippen LogP contribution in [0.25, 0.3) is 0 Å². The summed E-state index contributed by atoms with van der Waals surface area (Å²) in [5.41, 5.74) is -0.118. The molecule has 0 saturated heterocycles. The normalized spacial score (nSPS) is 11.5. The standard InChI is InChI=1S/C6H12OTe/c1-6(2,3)5(7)4-8/h8H,4H2,1-3H3. The SMILES string of the molecule is CC(C)(C)C(=O)C[TeH]. The van der Waals surface area contributed by atoms with Gasteiger partial charge < -0.3 is 0 Å². The van der Waals surface area contributed by atoms with E-state index in [4.69, 9.17) is 0 Å². The Morgan fingerprint density at radius 3 is 1.88 bits per heavy atom. The molecule has 0 rings (SSSR count). The average Bonchev–Trinajstić information content (AvgIpc) is 1.62. The molecule has 0 aromatic carbocycles. The first-order valence-corrected chi connectivity index (χ1v) is 4.43. The molecule has 0 radical (unpaired) electrons. The molecule has 0 heterocycles. The third kappa shape index (κ3) is 2.69. The van der Waals surface area contributed by atoms with Gasteiger partial charge in [0, 0.05) is 0 Å². The first-order chi connectivity index (χ1) is 3.48. The van der Waals surface area contributed by atoms with Crippen molar-refractivity contribution in [1.82, 2.24) is 0 Å². The van der Waals surface area contributed by atoms with Gasteiger partial charge in [0.05, 0.1) is 0 Å². The molecule has 0 bridgehead atoms. The van der Waals surface area contributed by atoms with E-state index < -0.39 is 0 Å². The van der Waals surface area contributed by atoms with Crippen molar-refractivity contribution in [2.75, 3.05) is 0 Å². The summed E-state index contributed by atoms with van der Waals surface area (Å²) in [6.45, 7) is 5.85. The average molecular weight is 228 g/mol. The first kappa shape index (κ1) is 8.46. The molecule has 0 saturated carbocycles. The van der Waals surface area contributed by atoms with Crippen molar-refractivity contribution in [3.63, 3.8) is 0 Å². The molecule has 0 N–H and O–H groups in total. The summed E-state index contributed by atoms with van der Waals surface area (Å²) in [4.78, 5) is 10.8. The summed E-state index contributed by atoms with van der Waals surface area (Å²) >= 11 is 1.58. The van der Waals surface area contributed by atoms with Crippen LogP contribution in [0.2, 0.25) is 4.47 Å². The van der Waals surface area contributed by atoms with Gasteiger partial charge in [-0.15, -0.1) is 0 Å². The molecule has 48 valence electrons. The number of carbonyl (C=O) groups excluding carboxylic acids is 1. The molecule has 0 aromatic rings. The predicted octanol–water partition coefficient (Wildman–Crippen LogP) is 0.921. The topological polar surface area (TPSA) is 17.1 Å². The zero-order chi connectivity index (χ0) is 6.78. The van der Waals surface area contributed by atoms with Crippen LogP contribution in [0.15, 0.2) is 0 Å². The quantitative estimate of drug-likeness (QED) is 0.609. The van der Waals surface area contributed by atoms with Gasteiger partial charge in [0.15, 0.2) is 0 Å². The third-order valence-electron chi connectivity index (χ3n) is 0.980. The van der Waals surface area contributed by atoms with Crippen LogP contribution in [-0.4, -0.2) is 28.1 Å². The van der Waals surface area contributed by atoms with E-state index >= 15 is 0 Å². The number of hydrogen-bond donors (Lipinski definition) is 0. The van der Waals surface area contributed by atoms with E-state index in [1.165, 1.54) is 0 Å². The zero-order valence-electron chi connectivity index (χ0n) is 5.56. The summed E-state index contributed by atoms with van der Waals surface area (Å²) in [5, 5.41) is 0. The maximum absolute atomic E-state index is 10.8. The second-order valence-corrected chi connectivity index (χ2v) is 3.73. The van der Waals surface area contributed by atoms with Crippen LogP contribution in [0, 0.1) is 5.41 Å². The molecule has 0 aliphatic carbocycles. The van der Waals surface area contributed by atoms with E-state index in [0.717, 1.165) is 0 Å². The summed E-state index contributed by atoms with van der Waals surface area (Å²) in [5.74, 6) is 0.353.